The second-order valence-corrected chi connectivity index (χ2v) is 6.73. The minimum Gasteiger partial charge on any atom is -0.453 e. The number of ether oxygens (including phenoxy) is 1. The van der Waals surface area contributed by atoms with E-state index in [-0.39, 0.29) is 5.91 Å². The van der Waals surface area contributed by atoms with Gasteiger partial charge < -0.3 is 14.1 Å². The first-order valence-corrected chi connectivity index (χ1v) is 8.87. The summed E-state index contributed by atoms with van der Waals surface area (Å²) in [6.45, 7) is 1.65. The Labute approximate surface area is 151 Å². The molecule has 0 unspecified atom stereocenters. The molecule has 1 aliphatic rings. The molecule has 26 heavy (non-hydrogen) atoms. The smallest absolute Gasteiger partial charge is 0.289 e. The Hall–Kier alpha value is -2.21. The maximum absolute atomic E-state index is 13.8. The van der Waals surface area contributed by atoms with Crippen LogP contribution in [0.3, 0.4) is 0 Å². The van der Waals surface area contributed by atoms with Crippen molar-refractivity contribution in [3.63, 3.8) is 0 Å². The highest BCUT2D eigenvalue weighted by Gasteiger charge is 2.26. The third-order valence-corrected chi connectivity index (χ3v) is 4.80. The van der Waals surface area contributed by atoms with E-state index in [1.54, 1.807) is 24.1 Å². The third-order valence-electron chi connectivity index (χ3n) is 4.80. The normalized spacial score (nSPS) is 17.5. The van der Waals surface area contributed by atoms with Crippen LogP contribution >= 0.6 is 0 Å². The Balaban J connectivity index is 1.57. The van der Waals surface area contributed by atoms with Crippen molar-refractivity contribution in [3.8, 4) is 0 Å². The number of likely N-dealkylation sites (tertiary alicyclic amines) is 1. The molecule has 1 atom stereocenters. The second-order valence-electron chi connectivity index (χ2n) is 6.73. The Morgan fingerprint density at radius 2 is 2.15 bits per heavy atom. The lowest BCUT2D eigenvalue weighted by atomic mass is 9.91. The number of methoxy groups -OCH3 is 1. The minimum atomic E-state index is -0.563. The van der Waals surface area contributed by atoms with Gasteiger partial charge in [0.05, 0.1) is 0 Å². The lowest BCUT2D eigenvalue weighted by Crippen LogP contribution is -2.39. The van der Waals surface area contributed by atoms with Crippen LogP contribution in [0, 0.1) is 17.6 Å². The van der Waals surface area contributed by atoms with Crippen LogP contribution in [0.2, 0.25) is 0 Å². The topological polar surface area (TPSA) is 42.7 Å². The van der Waals surface area contributed by atoms with E-state index < -0.39 is 11.6 Å². The maximum Gasteiger partial charge on any atom is 0.289 e. The quantitative estimate of drug-likeness (QED) is 0.773. The summed E-state index contributed by atoms with van der Waals surface area (Å²) in [7, 11) is 1.57. The van der Waals surface area contributed by atoms with Crippen LogP contribution in [-0.2, 0) is 17.8 Å². The van der Waals surface area contributed by atoms with Crippen molar-refractivity contribution >= 4 is 5.91 Å². The highest BCUT2D eigenvalue weighted by atomic mass is 19.1. The summed E-state index contributed by atoms with van der Waals surface area (Å²) in [6, 6.07) is 7.12. The number of benzene rings is 1. The zero-order valence-electron chi connectivity index (χ0n) is 14.8. The van der Waals surface area contributed by atoms with E-state index in [1.807, 2.05) is 0 Å². The van der Waals surface area contributed by atoms with Gasteiger partial charge in [0.25, 0.3) is 5.91 Å². The first kappa shape index (κ1) is 18.6. The number of aryl methyl sites for hydroxylation is 1. The SMILES string of the molecule is COCc1ccc(C(=O)N2CCC[C@H](CCc3ccc(F)cc3F)C2)o1. The highest BCUT2D eigenvalue weighted by molar-refractivity contribution is 5.91. The van der Waals surface area contributed by atoms with Gasteiger partial charge >= 0.3 is 0 Å². The molecule has 0 bridgehead atoms. The van der Waals surface area contributed by atoms with Gasteiger partial charge in [0.2, 0.25) is 0 Å². The summed E-state index contributed by atoms with van der Waals surface area (Å²) < 4.78 is 37.3. The Kier molecular flexibility index (Phi) is 6.04. The van der Waals surface area contributed by atoms with Crippen LogP contribution in [0.1, 0.15) is 41.1 Å². The van der Waals surface area contributed by atoms with Crippen LogP contribution in [0.25, 0.3) is 0 Å². The fourth-order valence-corrected chi connectivity index (χ4v) is 3.44. The number of furan rings is 1. The number of carbonyl (C=O) groups excluding carboxylic acids is 1. The van der Waals surface area contributed by atoms with Gasteiger partial charge in [0.1, 0.15) is 24.0 Å². The van der Waals surface area contributed by atoms with Gasteiger partial charge in [-0.2, -0.15) is 0 Å². The van der Waals surface area contributed by atoms with E-state index in [0.29, 0.717) is 49.1 Å². The molecule has 6 heteroatoms. The van der Waals surface area contributed by atoms with Crippen LogP contribution in [0.4, 0.5) is 8.78 Å². The second kappa shape index (κ2) is 8.45. The lowest BCUT2D eigenvalue weighted by molar-refractivity contribution is 0.0629. The maximum atomic E-state index is 13.8. The Morgan fingerprint density at radius 1 is 1.31 bits per heavy atom. The van der Waals surface area contributed by atoms with Crippen molar-refractivity contribution in [3.05, 3.63) is 59.1 Å². The standard InChI is InChI=1S/C20H23F2NO3/c1-25-13-17-8-9-19(26-17)20(24)23-10-2-3-14(12-23)4-5-15-6-7-16(21)11-18(15)22/h6-9,11,14H,2-5,10,12-13H2,1H3/t14-/m1/s1. The van der Waals surface area contributed by atoms with Crippen molar-refractivity contribution in [2.24, 2.45) is 5.92 Å². The largest absolute Gasteiger partial charge is 0.453 e. The average molecular weight is 363 g/mol. The van der Waals surface area contributed by atoms with E-state index in [1.165, 1.54) is 12.1 Å². The molecule has 1 aliphatic heterocycles. The zero-order valence-corrected chi connectivity index (χ0v) is 14.8. The van der Waals surface area contributed by atoms with E-state index in [0.717, 1.165) is 25.3 Å². The first-order chi connectivity index (χ1) is 12.6. The first-order valence-electron chi connectivity index (χ1n) is 8.87. The van der Waals surface area contributed by atoms with E-state index >= 15 is 0 Å². The van der Waals surface area contributed by atoms with E-state index in [2.05, 4.69) is 0 Å². The van der Waals surface area contributed by atoms with Gasteiger partial charge in [-0.05, 0) is 55.4 Å². The molecule has 0 aliphatic carbocycles. The number of hydrogen-bond acceptors (Lipinski definition) is 3. The van der Waals surface area contributed by atoms with Crippen molar-refractivity contribution in [2.75, 3.05) is 20.2 Å². The summed E-state index contributed by atoms with van der Waals surface area (Å²) in [5.74, 6) is 0.0519. The molecule has 0 saturated carbocycles. The third kappa shape index (κ3) is 4.49. The van der Waals surface area contributed by atoms with Crippen molar-refractivity contribution < 1.29 is 22.7 Å². The molecule has 3 rings (SSSR count). The van der Waals surface area contributed by atoms with E-state index in [4.69, 9.17) is 9.15 Å². The fraction of sp³-hybridized carbons (Fsp3) is 0.450. The molecule has 0 radical (unpaired) electrons. The molecule has 1 aromatic heterocycles. The summed E-state index contributed by atoms with van der Waals surface area (Å²) in [4.78, 5) is 14.4. The number of nitrogens with zero attached hydrogens (tertiary/aromatic N) is 1. The number of halogens is 2. The van der Waals surface area contributed by atoms with Crippen molar-refractivity contribution in [2.45, 2.75) is 32.3 Å². The van der Waals surface area contributed by atoms with Crippen molar-refractivity contribution in [1.82, 2.24) is 4.90 Å². The molecule has 0 spiro atoms. The Bertz CT molecular complexity index is 759. The van der Waals surface area contributed by atoms with Gasteiger partial charge in [-0.3, -0.25) is 4.79 Å². The molecule has 2 aromatic rings. The van der Waals surface area contributed by atoms with Crippen molar-refractivity contribution in [1.29, 1.82) is 0 Å². The summed E-state index contributed by atoms with van der Waals surface area (Å²) in [6.07, 6.45) is 3.21. The summed E-state index contributed by atoms with van der Waals surface area (Å²) in [5.41, 5.74) is 0.519. The fourth-order valence-electron chi connectivity index (χ4n) is 3.44. The van der Waals surface area contributed by atoms with E-state index in [9.17, 15) is 13.6 Å². The van der Waals surface area contributed by atoms with Crippen LogP contribution in [-0.4, -0.2) is 31.0 Å². The predicted molar refractivity (Wildman–Crippen MR) is 92.7 cm³/mol. The molecular formula is C20H23F2NO3. The Morgan fingerprint density at radius 3 is 2.92 bits per heavy atom. The molecule has 4 nitrogen and oxygen atoms in total. The monoisotopic (exact) mass is 363 g/mol. The van der Waals surface area contributed by atoms with Crippen LogP contribution < -0.4 is 0 Å². The summed E-state index contributed by atoms with van der Waals surface area (Å²) >= 11 is 0. The molecule has 0 N–H and O–H groups in total. The number of rotatable bonds is 6. The number of hydrogen-bond donors (Lipinski definition) is 0. The molecule has 2 heterocycles. The van der Waals surface area contributed by atoms with Gasteiger partial charge in [-0.25, -0.2) is 8.78 Å². The van der Waals surface area contributed by atoms with Gasteiger partial charge in [-0.15, -0.1) is 0 Å². The molecule has 140 valence electrons. The van der Waals surface area contributed by atoms with Crippen LogP contribution in [0.15, 0.2) is 34.7 Å². The van der Waals surface area contributed by atoms with Crippen LogP contribution in [0.5, 0.6) is 0 Å². The lowest BCUT2D eigenvalue weighted by Gasteiger charge is -2.32. The molecule has 1 fully saturated rings. The van der Waals surface area contributed by atoms with Gasteiger partial charge in [0.15, 0.2) is 5.76 Å². The summed E-state index contributed by atoms with van der Waals surface area (Å²) in [5, 5.41) is 0. The minimum absolute atomic E-state index is 0.120. The molecule has 1 amide bonds. The number of amides is 1. The number of carbonyl (C=O) groups is 1. The highest BCUT2D eigenvalue weighted by Crippen LogP contribution is 2.24. The predicted octanol–water partition coefficient (Wildman–Crippen LogP) is 4.19. The van der Waals surface area contributed by atoms with Gasteiger partial charge in [-0.1, -0.05) is 6.07 Å². The average Bonchev–Trinajstić information content (AvgIpc) is 3.09. The molecule has 1 saturated heterocycles. The number of piperidine rings is 1. The van der Waals surface area contributed by atoms with Gasteiger partial charge in [0, 0.05) is 26.3 Å². The molecule has 1 aromatic carbocycles. The molecular weight excluding hydrogens is 340 g/mol. The zero-order chi connectivity index (χ0) is 18.5.